The molecule has 35 heavy (non-hydrogen) atoms. The number of ether oxygens (including phenoxy) is 2. The Labute approximate surface area is 196 Å². The van der Waals surface area contributed by atoms with Gasteiger partial charge in [-0.1, -0.05) is 12.1 Å². The van der Waals surface area contributed by atoms with Gasteiger partial charge in [-0.2, -0.15) is 17.6 Å². The molecule has 2 heterocycles. The maximum Gasteiger partial charge on any atom is 0.387 e. The number of pyridine rings is 1. The lowest BCUT2D eigenvalue weighted by molar-refractivity contribution is -0.136. The molecule has 2 amide bonds. The number of likely N-dealkylation sites (tertiary alicyclic amines) is 1. The van der Waals surface area contributed by atoms with E-state index in [2.05, 4.69) is 19.8 Å². The van der Waals surface area contributed by atoms with E-state index >= 15 is 0 Å². The number of nitrogens with one attached hydrogen (secondary N) is 1. The maximum absolute atomic E-state index is 12.8. The second-order valence-corrected chi connectivity index (χ2v) is 7.62. The summed E-state index contributed by atoms with van der Waals surface area (Å²) in [6.45, 7) is -5.28. The molecular weight excluding hydrogens is 478 g/mol. The average Bonchev–Trinajstić information content (AvgIpc) is 3.24. The zero-order chi connectivity index (χ0) is 25.7. The van der Waals surface area contributed by atoms with E-state index in [1.165, 1.54) is 36.1 Å². The van der Waals surface area contributed by atoms with Gasteiger partial charge in [0, 0.05) is 19.4 Å². The monoisotopic (exact) mass is 499 g/mol. The summed E-state index contributed by atoms with van der Waals surface area (Å²) in [5, 5.41) is 11.6. The number of halogens is 4. The lowest BCUT2D eigenvalue weighted by Gasteiger charge is -2.22. The fraction of sp³-hybridized carbons (Fsp3) is 0.364. The largest absolute Gasteiger partial charge is 0.477 e. The van der Waals surface area contributed by atoms with Gasteiger partial charge in [0.25, 0.3) is 0 Å². The lowest BCUT2D eigenvalue weighted by atomic mass is 9.95. The number of alkyl halides is 4. The second kappa shape index (κ2) is 11.0. The summed E-state index contributed by atoms with van der Waals surface area (Å²) in [6.07, 6.45) is 0.122. The van der Waals surface area contributed by atoms with Gasteiger partial charge >= 0.3 is 19.2 Å². The fourth-order valence-corrected chi connectivity index (χ4v) is 3.83. The average molecular weight is 499 g/mol. The molecule has 1 aromatic heterocycles. The number of carbonyl (C=O) groups excluding carboxylic acids is 2. The predicted molar refractivity (Wildman–Crippen MR) is 111 cm³/mol. The summed E-state index contributed by atoms with van der Waals surface area (Å²) in [5.74, 6) is -3.80. The van der Waals surface area contributed by atoms with Crippen molar-refractivity contribution >= 4 is 17.8 Å². The van der Waals surface area contributed by atoms with Crippen LogP contribution in [0.5, 0.6) is 11.5 Å². The van der Waals surface area contributed by atoms with Crippen molar-refractivity contribution in [1.82, 2.24) is 15.2 Å². The molecule has 1 saturated heterocycles. The van der Waals surface area contributed by atoms with Gasteiger partial charge in [0.05, 0.1) is 12.2 Å². The van der Waals surface area contributed by atoms with E-state index in [0.717, 1.165) is 12.1 Å². The minimum atomic E-state index is -3.28. The first-order valence-electron chi connectivity index (χ1n) is 10.3. The highest BCUT2D eigenvalue weighted by molar-refractivity contribution is 5.88. The number of aromatic carboxylic acids is 1. The van der Waals surface area contributed by atoms with Gasteiger partial charge < -0.3 is 24.8 Å². The van der Waals surface area contributed by atoms with Crippen LogP contribution < -0.4 is 14.8 Å². The molecule has 1 aliphatic rings. The molecule has 9 nitrogen and oxygen atoms in total. The number of carbonyl (C=O) groups is 3. The standard InChI is InChI=1S/C22H21F4N3O6/c1-11(30)29-10-13(12-5-6-17(34-21(23)24)18(8-12)35-22(25)26)7-16(29)19(31)27-9-14-3-2-4-15(28-14)20(32)33/h2-6,8,13,16,21-22H,7,9-10H2,1H3,(H,27,31)(H,32,33)/t13?,16-/m1/s1. The number of hydrogen-bond donors (Lipinski definition) is 2. The minimum absolute atomic E-state index is 0.0728. The Morgan fingerprint density at radius 2 is 1.80 bits per heavy atom. The van der Waals surface area contributed by atoms with Crippen LogP contribution >= 0.6 is 0 Å². The molecule has 1 aliphatic heterocycles. The first-order chi connectivity index (χ1) is 16.5. The Morgan fingerprint density at radius 1 is 1.11 bits per heavy atom. The highest BCUT2D eigenvalue weighted by atomic mass is 19.3. The zero-order valence-electron chi connectivity index (χ0n) is 18.3. The van der Waals surface area contributed by atoms with E-state index in [9.17, 15) is 31.9 Å². The van der Waals surface area contributed by atoms with Crippen LogP contribution in [0, 0.1) is 0 Å². The first-order valence-corrected chi connectivity index (χ1v) is 10.3. The van der Waals surface area contributed by atoms with Crippen molar-refractivity contribution in [3.05, 3.63) is 53.3 Å². The summed E-state index contributed by atoms with van der Waals surface area (Å²) in [6, 6.07) is 6.96. The molecule has 2 aromatic rings. The SMILES string of the molecule is CC(=O)N1CC(c2ccc(OC(F)F)c(OC(F)F)c2)C[C@@H]1C(=O)NCc1cccc(C(=O)O)n1. The highest BCUT2D eigenvalue weighted by Crippen LogP contribution is 2.38. The lowest BCUT2D eigenvalue weighted by Crippen LogP contribution is -2.45. The van der Waals surface area contributed by atoms with Gasteiger partial charge in [0.15, 0.2) is 11.5 Å². The van der Waals surface area contributed by atoms with Gasteiger partial charge in [-0.25, -0.2) is 9.78 Å². The van der Waals surface area contributed by atoms with E-state index in [-0.39, 0.29) is 25.2 Å². The highest BCUT2D eigenvalue weighted by Gasteiger charge is 2.39. The third kappa shape index (κ3) is 6.58. The number of hydrogen-bond acceptors (Lipinski definition) is 6. The number of rotatable bonds is 9. The molecule has 1 unspecified atom stereocenters. The fourth-order valence-electron chi connectivity index (χ4n) is 3.83. The van der Waals surface area contributed by atoms with Crippen molar-refractivity contribution in [3.63, 3.8) is 0 Å². The predicted octanol–water partition coefficient (Wildman–Crippen LogP) is 3.00. The molecule has 0 spiro atoms. The van der Waals surface area contributed by atoms with Crippen LogP contribution in [0.1, 0.15) is 41.0 Å². The summed E-state index contributed by atoms with van der Waals surface area (Å²) in [4.78, 5) is 41.3. The summed E-state index contributed by atoms with van der Waals surface area (Å²) in [7, 11) is 0. The van der Waals surface area contributed by atoms with Crippen LogP contribution in [-0.2, 0) is 16.1 Å². The van der Waals surface area contributed by atoms with Crippen LogP contribution in [-0.4, -0.2) is 58.6 Å². The Kier molecular flexibility index (Phi) is 8.10. The number of nitrogens with zero attached hydrogens (tertiary/aromatic N) is 2. The molecule has 2 N–H and O–H groups in total. The summed E-state index contributed by atoms with van der Waals surface area (Å²) in [5.41, 5.74) is 0.495. The summed E-state index contributed by atoms with van der Waals surface area (Å²) < 4.78 is 59.2. The van der Waals surface area contributed by atoms with E-state index in [4.69, 9.17) is 5.11 Å². The Balaban J connectivity index is 1.76. The van der Waals surface area contributed by atoms with Gasteiger partial charge in [-0.15, -0.1) is 0 Å². The molecule has 1 aromatic carbocycles. The molecule has 0 radical (unpaired) electrons. The number of aromatic nitrogens is 1. The van der Waals surface area contributed by atoms with Gasteiger partial charge in [-0.3, -0.25) is 9.59 Å². The van der Waals surface area contributed by atoms with Crippen LogP contribution in [0.2, 0.25) is 0 Å². The molecule has 0 aliphatic carbocycles. The minimum Gasteiger partial charge on any atom is -0.477 e. The molecule has 0 saturated carbocycles. The van der Waals surface area contributed by atoms with E-state index in [0.29, 0.717) is 11.3 Å². The molecular formula is C22H21F4N3O6. The quantitative estimate of drug-likeness (QED) is 0.510. The van der Waals surface area contributed by atoms with Crippen LogP contribution in [0.3, 0.4) is 0 Å². The van der Waals surface area contributed by atoms with Crippen LogP contribution in [0.15, 0.2) is 36.4 Å². The number of benzene rings is 1. The maximum atomic E-state index is 12.8. The molecule has 3 rings (SSSR count). The van der Waals surface area contributed by atoms with E-state index < -0.39 is 54.5 Å². The van der Waals surface area contributed by atoms with Crippen molar-refractivity contribution in [2.24, 2.45) is 0 Å². The normalized spacial score (nSPS) is 17.5. The number of amides is 2. The topological polar surface area (TPSA) is 118 Å². The molecule has 2 atom stereocenters. The van der Waals surface area contributed by atoms with Crippen molar-refractivity contribution in [2.45, 2.75) is 45.1 Å². The first kappa shape index (κ1) is 25.7. The number of carboxylic acid groups (broad SMARTS) is 1. The molecule has 13 heteroatoms. The van der Waals surface area contributed by atoms with Crippen molar-refractivity contribution in [1.29, 1.82) is 0 Å². The molecule has 188 valence electrons. The van der Waals surface area contributed by atoms with Crippen molar-refractivity contribution < 1.29 is 46.5 Å². The molecule has 0 bridgehead atoms. The van der Waals surface area contributed by atoms with Gasteiger partial charge in [0.2, 0.25) is 11.8 Å². The summed E-state index contributed by atoms with van der Waals surface area (Å²) >= 11 is 0. The Bertz CT molecular complexity index is 1100. The van der Waals surface area contributed by atoms with Crippen molar-refractivity contribution in [3.8, 4) is 11.5 Å². The zero-order valence-corrected chi connectivity index (χ0v) is 18.3. The van der Waals surface area contributed by atoms with Gasteiger partial charge in [0.1, 0.15) is 11.7 Å². The van der Waals surface area contributed by atoms with Gasteiger partial charge in [-0.05, 0) is 36.2 Å². The molecule has 1 fully saturated rings. The van der Waals surface area contributed by atoms with Crippen LogP contribution in [0.25, 0.3) is 0 Å². The van der Waals surface area contributed by atoms with E-state index in [1.54, 1.807) is 0 Å². The van der Waals surface area contributed by atoms with E-state index in [1.807, 2.05) is 0 Å². The third-order valence-corrected chi connectivity index (χ3v) is 5.35. The Hall–Kier alpha value is -3.90. The van der Waals surface area contributed by atoms with Crippen LogP contribution in [0.4, 0.5) is 17.6 Å². The third-order valence-electron chi connectivity index (χ3n) is 5.35. The second-order valence-electron chi connectivity index (χ2n) is 7.62. The number of carboxylic acids is 1. The smallest absolute Gasteiger partial charge is 0.387 e. The van der Waals surface area contributed by atoms with Crippen molar-refractivity contribution in [2.75, 3.05) is 6.54 Å². The Morgan fingerprint density at radius 3 is 2.43 bits per heavy atom.